The SMILES string of the molecule is COC(=O)C1CC(N)=C(C)S1. The lowest BCUT2D eigenvalue weighted by Gasteiger charge is -2.04. The Morgan fingerprint density at radius 2 is 2.45 bits per heavy atom. The maximum Gasteiger partial charge on any atom is 0.319 e. The summed E-state index contributed by atoms with van der Waals surface area (Å²) in [5.74, 6) is -0.185. The van der Waals surface area contributed by atoms with Crippen LogP contribution >= 0.6 is 11.8 Å². The van der Waals surface area contributed by atoms with Crippen molar-refractivity contribution < 1.29 is 9.53 Å². The second-order valence-corrected chi connectivity index (χ2v) is 3.83. The molecule has 1 rings (SSSR count). The van der Waals surface area contributed by atoms with Crippen molar-refractivity contribution >= 4 is 17.7 Å². The van der Waals surface area contributed by atoms with Crippen LogP contribution in [0.2, 0.25) is 0 Å². The number of nitrogens with two attached hydrogens (primary N) is 1. The van der Waals surface area contributed by atoms with Gasteiger partial charge in [0.25, 0.3) is 0 Å². The molecule has 1 heterocycles. The number of ether oxygens (including phenoxy) is 1. The smallest absolute Gasteiger partial charge is 0.319 e. The van der Waals surface area contributed by atoms with E-state index in [4.69, 9.17) is 5.73 Å². The molecule has 0 amide bonds. The van der Waals surface area contributed by atoms with E-state index in [-0.39, 0.29) is 11.2 Å². The van der Waals surface area contributed by atoms with Crippen molar-refractivity contribution in [3.63, 3.8) is 0 Å². The van der Waals surface area contributed by atoms with Crippen LogP contribution in [0.1, 0.15) is 13.3 Å². The second kappa shape index (κ2) is 3.17. The molecule has 0 radical (unpaired) electrons. The first kappa shape index (κ1) is 8.46. The monoisotopic (exact) mass is 173 g/mol. The van der Waals surface area contributed by atoms with E-state index in [2.05, 4.69) is 4.74 Å². The summed E-state index contributed by atoms with van der Waals surface area (Å²) in [5, 5.41) is -0.111. The molecular weight excluding hydrogens is 162 g/mol. The summed E-state index contributed by atoms with van der Waals surface area (Å²) in [6.07, 6.45) is 0.628. The molecule has 0 bridgehead atoms. The van der Waals surface area contributed by atoms with E-state index in [0.29, 0.717) is 6.42 Å². The van der Waals surface area contributed by atoms with Gasteiger partial charge in [-0.3, -0.25) is 4.79 Å². The Hall–Kier alpha value is -0.640. The van der Waals surface area contributed by atoms with Gasteiger partial charge in [-0.05, 0) is 6.92 Å². The van der Waals surface area contributed by atoms with Crippen LogP contribution in [0.25, 0.3) is 0 Å². The molecule has 0 saturated heterocycles. The van der Waals surface area contributed by atoms with Gasteiger partial charge in [0.2, 0.25) is 0 Å². The number of esters is 1. The van der Waals surface area contributed by atoms with Crippen LogP contribution in [0.5, 0.6) is 0 Å². The van der Waals surface area contributed by atoms with Crippen molar-refractivity contribution in [3.8, 4) is 0 Å². The third-order valence-corrected chi connectivity index (χ3v) is 2.90. The van der Waals surface area contributed by atoms with Gasteiger partial charge in [0.15, 0.2) is 0 Å². The topological polar surface area (TPSA) is 52.3 Å². The van der Waals surface area contributed by atoms with Crippen LogP contribution in [-0.4, -0.2) is 18.3 Å². The number of thioether (sulfide) groups is 1. The number of carbonyl (C=O) groups is 1. The number of allylic oxidation sites excluding steroid dienone is 2. The van der Waals surface area contributed by atoms with E-state index in [1.54, 1.807) is 0 Å². The van der Waals surface area contributed by atoms with E-state index >= 15 is 0 Å². The highest BCUT2D eigenvalue weighted by atomic mass is 32.2. The summed E-state index contributed by atoms with van der Waals surface area (Å²) in [6, 6.07) is 0. The standard InChI is InChI=1S/C7H11NO2S/c1-4-5(8)3-6(11-4)7(9)10-2/h6H,3,8H2,1-2H3. The molecule has 1 atom stereocenters. The van der Waals surface area contributed by atoms with E-state index < -0.39 is 0 Å². The third-order valence-electron chi connectivity index (χ3n) is 1.64. The number of carbonyl (C=O) groups excluding carboxylic acids is 1. The number of rotatable bonds is 1. The number of methoxy groups -OCH3 is 1. The zero-order valence-corrected chi connectivity index (χ0v) is 7.40. The zero-order valence-electron chi connectivity index (χ0n) is 6.59. The molecule has 0 aromatic rings. The van der Waals surface area contributed by atoms with E-state index in [1.165, 1.54) is 18.9 Å². The number of hydrogen-bond donors (Lipinski definition) is 1. The lowest BCUT2D eigenvalue weighted by molar-refractivity contribution is -0.139. The Morgan fingerprint density at radius 1 is 1.82 bits per heavy atom. The lowest BCUT2D eigenvalue weighted by Crippen LogP contribution is -2.17. The first-order valence-electron chi connectivity index (χ1n) is 3.35. The maximum absolute atomic E-state index is 11.0. The third kappa shape index (κ3) is 1.68. The van der Waals surface area contributed by atoms with Crippen molar-refractivity contribution in [2.75, 3.05) is 7.11 Å². The Bertz CT molecular complexity index is 198. The summed E-state index contributed by atoms with van der Waals surface area (Å²) in [7, 11) is 1.40. The van der Waals surface area contributed by atoms with Crippen LogP contribution in [-0.2, 0) is 9.53 Å². The molecule has 0 saturated carbocycles. The molecule has 0 aromatic heterocycles. The van der Waals surface area contributed by atoms with Crippen LogP contribution < -0.4 is 5.73 Å². The second-order valence-electron chi connectivity index (χ2n) is 2.42. The summed E-state index contributed by atoms with van der Waals surface area (Å²) < 4.78 is 4.59. The first-order chi connectivity index (χ1) is 5.15. The molecule has 0 spiro atoms. The molecule has 0 fully saturated rings. The van der Waals surface area contributed by atoms with Crippen molar-refractivity contribution in [3.05, 3.63) is 10.6 Å². The normalized spacial score (nSPS) is 24.0. The summed E-state index contributed by atoms with van der Waals surface area (Å²) in [5.41, 5.74) is 6.42. The molecular formula is C7H11NO2S. The quantitative estimate of drug-likeness (QED) is 0.597. The fraction of sp³-hybridized carbons (Fsp3) is 0.571. The van der Waals surface area contributed by atoms with Crippen molar-refractivity contribution in [1.82, 2.24) is 0 Å². The molecule has 11 heavy (non-hydrogen) atoms. The van der Waals surface area contributed by atoms with Gasteiger partial charge in [0.05, 0.1) is 7.11 Å². The molecule has 0 aromatic carbocycles. The molecule has 1 aliphatic heterocycles. The van der Waals surface area contributed by atoms with Crippen molar-refractivity contribution in [2.24, 2.45) is 5.73 Å². The Balaban J connectivity index is 2.54. The van der Waals surface area contributed by atoms with Crippen LogP contribution in [0.15, 0.2) is 10.6 Å². The average molecular weight is 173 g/mol. The summed E-state index contributed by atoms with van der Waals surface area (Å²) >= 11 is 1.49. The van der Waals surface area contributed by atoms with Gasteiger partial charge in [0.1, 0.15) is 5.25 Å². The summed E-state index contributed by atoms with van der Waals surface area (Å²) in [6.45, 7) is 1.92. The Labute approximate surface area is 70.0 Å². The number of hydrogen-bond acceptors (Lipinski definition) is 4. The first-order valence-corrected chi connectivity index (χ1v) is 4.23. The van der Waals surface area contributed by atoms with Gasteiger partial charge in [-0.15, -0.1) is 11.8 Å². The minimum atomic E-state index is -0.185. The molecule has 62 valence electrons. The minimum absolute atomic E-state index is 0.111. The van der Waals surface area contributed by atoms with Crippen LogP contribution in [0.4, 0.5) is 0 Å². The molecule has 1 unspecified atom stereocenters. The van der Waals surface area contributed by atoms with Gasteiger partial charge in [-0.25, -0.2) is 0 Å². The van der Waals surface area contributed by atoms with Crippen LogP contribution in [0.3, 0.4) is 0 Å². The fourth-order valence-electron chi connectivity index (χ4n) is 0.937. The highest BCUT2D eigenvalue weighted by molar-refractivity contribution is 8.04. The van der Waals surface area contributed by atoms with Gasteiger partial charge >= 0.3 is 5.97 Å². The minimum Gasteiger partial charge on any atom is -0.468 e. The molecule has 2 N–H and O–H groups in total. The lowest BCUT2D eigenvalue weighted by atomic mass is 10.2. The van der Waals surface area contributed by atoms with Crippen LogP contribution in [0, 0.1) is 0 Å². The molecule has 3 nitrogen and oxygen atoms in total. The average Bonchev–Trinajstić information content (AvgIpc) is 2.31. The van der Waals surface area contributed by atoms with E-state index in [1.807, 2.05) is 6.92 Å². The van der Waals surface area contributed by atoms with Crippen molar-refractivity contribution in [2.45, 2.75) is 18.6 Å². The Morgan fingerprint density at radius 3 is 2.82 bits per heavy atom. The van der Waals surface area contributed by atoms with E-state index in [9.17, 15) is 4.79 Å². The zero-order chi connectivity index (χ0) is 8.43. The van der Waals surface area contributed by atoms with Gasteiger partial charge in [-0.1, -0.05) is 0 Å². The fourth-order valence-corrected chi connectivity index (χ4v) is 2.05. The van der Waals surface area contributed by atoms with E-state index in [0.717, 1.165) is 10.6 Å². The van der Waals surface area contributed by atoms with Gasteiger partial charge in [-0.2, -0.15) is 0 Å². The Kier molecular flexibility index (Phi) is 2.44. The van der Waals surface area contributed by atoms with Crippen molar-refractivity contribution in [1.29, 1.82) is 0 Å². The maximum atomic E-state index is 11.0. The molecule has 4 heteroatoms. The predicted molar refractivity (Wildman–Crippen MR) is 44.9 cm³/mol. The highest BCUT2D eigenvalue weighted by Gasteiger charge is 2.27. The van der Waals surface area contributed by atoms with Gasteiger partial charge < -0.3 is 10.5 Å². The highest BCUT2D eigenvalue weighted by Crippen LogP contribution is 2.35. The summed E-state index contributed by atoms with van der Waals surface area (Å²) in [4.78, 5) is 12.0. The molecule has 0 aliphatic carbocycles. The van der Waals surface area contributed by atoms with Gasteiger partial charge in [0, 0.05) is 17.0 Å². The molecule has 1 aliphatic rings. The predicted octanol–water partition coefficient (Wildman–Crippen LogP) is 0.855. The largest absolute Gasteiger partial charge is 0.468 e.